The molecule has 17 aromatic rings. The van der Waals surface area contributed by atoms with E-state index in [1.165, 1.54) is 0 Å². The van der Waals surface area contributed by atoms with Crippen molar-refractivity contribution in [2.24, 2.45) is 0 Å². The molecular weight excluding hydrogens is 1120 g/mol. The molecular formula is C81H45BN10. The number of nitriles is 2. The SMILES string of the molecule is N#Cc1cc2c3c(c1)c1ccccc1n3-c1cc(-c3ccc4c(c3)c3ccccc3n4-c3ccc(-c4nc(-c5ccccc5)cc(-c5ccccc5)n4)cc3-c3nc(-c4ccccc4)nc(-c4ccccc4)n3)cc3c1B2c1cc(C#N)cc2c4ccccc4n-3c12. The number of aromatic nitrogens is 8. The van der Waals surface area contributed by atoms with Crippen LogP contribution in [0.2, 0.25) is 0 Å². The van der Waals surface area contributed by atoms with Gasteiger partial charge in [-0.25, -0.2) is 24.9 Å². The molecule has 0 atom stereocenters. The first-order valence-corrected chi connectivity index (χ1v) is 30.7. The van der Waals surface area contributed by atoms with E-state index in [-0.39, 0.29) is 6.71 Å². The zero-order valence-electron chi connectivity index (χ0n) is 49.0. The molecule has 2 aliphatic rings. The highest BCUT2D eigenvalue weighted by Gasteiger charge is 2.42. The minimum Gasteiger partial charge on any atom is -0.310 e. The normalized spacial score (nSPS) is 12.1. The van der Waals surface area contributed by atoms with E-state index < -0.39 is 0 Å². The van der Waals surface area contributed by atoms with E-state index in [0.717, 1.165) is 155 Å². The third-order valence-corrected chi connectivity index (χ3v) is 18.7. The maximum absolute atomic E-state index is 10.7. The van der Waals surface area contributed by atoms with Crippen LogP contribution in [0.4, 0.5) is 0 Å². The molecule has 0 saturated carbocycles. The fraction of sp³-hybridized carbons (Fsp3) is 0. The van der Waals surface area contributed by atoms with Gasteiger partial charge in [-0.1, -0.05) is 182 Å². The average molecular weight is 1170 g/mol. The summed E-state index contributed by atoms with van der Waals surface area (Å²) in [5.41, 5.74) is 22.7. The van der Waals surface area contributed by atoms with Gasteiger partial charge in [0.2, 0.25) is 0 Å². The number of hydrogen-bond acceptors (Lipinski definition) is 7. The number of benzene rings is 12. The number of hydrogen-bond donors (Lipinski definition) is 0. The Morgan fingerprint density at radius 2 is 0.707 bits per heavy atom. The molecule has 2 aliphatic heterocycles. The summed E-state index contributed by atoms with van der Waals surface area (Å²) in [5.74, 6) is 2.16. The monoisotopic (exact) mass is 1170 g/mol. The number of para-hydroxylation sites is 3. The molecule has 12 aromatic carbocycles. The van der Waals surface area contributed by atoms with Crippen molar-refractivity contribution >= 4 is 88.5 Å². The summed E-state index contributed by atoms with van der Waals surface area (Å²) in [6.45, 7) is -0.266. The van der Waals surface area contributed by atoms with Gasteiger partial charge in [0.05, 0.1) is 62.4 Å². The van der Waals surface area contributed by atoms with Crippen LogP contribution in [0.3, 0.4) is 0 Å². The topological polar surface area (TPSA) is 127 Å². The lowest BCUT2D eigenvalue weighted by molar-refractivity contribution is 1.06. The largest absolute Gasteiger partial charge is 0.310 e. The van der Waals surface area contributed by atoms with Gasteiger partial charge in [-0.2, -0.15) is 10.5 Å². The third-order valence-electron chi connectivity index (χ3n) is 18.7. The van der Waals surface area contributed by atoms with Gasteiger partial charge in [-0.05, 0) is 119 Å². The van der Waals surface area contributed by atoms with E-state index in [1.54, 1.807) is 0 Å². The van der Waals surface area contributed by atoms with Crippen molar-refractivity contribution in [1.29, 1.82) is 10.5 Å². The van der Waals surface area contributed by atoms with Crippen molar-refractivity contribution < 1.29 is 0 Å². The molecule has 0 unspecified atom stereocenters. The Morgan fingerprint density at radius 3 is 1.22 bits per heavy atom. The Kier molecular flexibility index (Phi) is 11.1. The van der Waals surface area contributed by atoms with Gasteiger partial charge < -0.3 is 13.7 Å². The number of nitrogens with zero attached hydrogens (tertiary/aromatic N) is 10. The first-order valence-electron chi connectivity index (χ1n) is 30.7. The Morgan fingerprint density at radius 1 is 0.283 bits per heavy atom. The summed E-state index contributed by atoms with van der Waals surface area (Å²) in [6, 6.07) is 99.9. The summed E-state index contributed by atoms with van der Waals surface area (Å²) in [7, 11) is 0. The number of fused-ring (bicyclic) bond motifs is 13. The predicted molar refractivity (Wildman–Crippen MR) is 371 cm³/mol. The second-order valence-corrected chi connectivity index (χ2v) is 23.8. The molecule has 0 saturated heterocycles. The lowest BCUT2D eigenvalue weighted by Gasteiger charge is -2.34. The van der Waals surface area contributed by atoms with Gasteiger partial charge in [0, 0.05) is 88.1 Å². The van der Waals surface area contributed by atoms with Crippen molar-refractivity contribution in [2.75, 3.05) is 0 Å². The smallest absolute Gasteiger partial charge is 0.252 e. The Balaban J connectivity index is 0.865. The van der Waals surface area contributed by atoms with Gasteiger partial charge in [-0.15, -0.1) is 0 Å². The zero-order valence-corrected chi connectivity index (χ0v) is 49.0. The molecule has 0 bridgehead atoms. The fourth-order valence-corrected chi connectivity index (χ4v) is 14.7. The Bertz CT molecular complexity index is 5820. The van der Waals surface area contributed by atoms with Gasteiger partial charge in [0.1, 0.15) is 0 Å². The molecule has 10 nitrogen and oxygen atoms in total. The van der Waals surface area contributed by atoms with Crippen LogP contribution >= 0.6 is 0 Å². The van der Waals surface area contributed by atoms with E-state index in [1.807, 2.05) is 109 Å². The molecule has 0 spiro atoms. The number of rotatable bonds is 8. The van der Waals surface area contributed by atoms with Crippen LogP contribution in [0.5, 0.6) is 0 Å². The molecule has 7 heterocycles. The van der Waals surface area contributed by atoms with E-state index >= 15 is 0 Å². The average Bonchev–Trinajstić information content (AvgIpc) is 1.45. The van der Waals surface area contributed by atoms with Crippen molar-refractivity contribution in [2.45, 2.75) is 0 Å². The minimum atomic E-state index is -0.266. The van der Waals surface area contributed by atoms with E-state index in [0.29, 0.717) is 34.4 Å². The third kappa shape index (κ3) is 7.64. The molecule has 11 heteroatoms. The molecule has 0 amide bonds. The molecule has 422 valence electrons. The standard InChI is InChI=1S/C81H45BN10/c83-46-48-37-61-58-28-14-17-31-69(58)91-73-43-56(44-74-75(73)82(64(39-48)76(61)91)65-40-49(47-84)38-62-59-29-15-18-32-70(59)92(74)77(62)65)54-33-35-71-60(41-54)57-27-13-16-30-68(57)90(71)72-36-34-55(80-85-66(50-19-5-1-6-20-50)45-67(86-80)51-21-7-2-8-22-51)42-63(72)81-88-78(52-23-9-3-10-24-52)87-79(89-81)53-25-11-4-12-26-53/h1-45H. The van der Waals surface area contributed by atoms with Crippen molar-refractivity contribution in [1.82, 2.24) is 38.6 Å². The lowest BCUT2D eigenvalue weighted by atomic mass is 9.34. The van der Waals surface area contributed by atoms with Crippen LogP contribution in [0.1, 0.15) is 11.1 Å². The second kappa shape index (κ2) is 19.8. The highest BCUT2D eigenvalue weighted by Crippen LogP contribution is 2.44. The van der Waals surface area contributed by atoms with Crippen molar-refractivity contribution in [3.63, 3.8) is 0 Å². The predicted octanol–water partition coefficient (Wildman–Crippen LogP) is 16.5. The van der Waals surface area contributed by atoms with Crippen LogP contribution in [0.15, 0.2) is 273 Å². The fourth-order valence-electron chi connectivity index (χ4n) is 14.7. The first kappa shape index (κ1) is 51.2. The maximum atomic E-state index is 10.7. The zero-order chi connectivity index (χ0) is 60.7. The quantitative estimate of drug-likeness (QED) is 0.139. The van der Waals surface area contributed by atoms with Gasteiger partial charge in [0.25, 0.3) is 6.71 Å². The molecule has 0 fully saturated rings. The summed E-state index contributed by atoms with van der Waals surface area (Å²) in [4.78, 5) is 26.6. The summed E-state index contributed by atoms with van der Waals surface area (Å²) >= 11 is 0. The van der Waals surface area contributed by atoms with Crippen LogP contribution in [0, 0.1) is 22.7 Å². The molecule has 5 aromatic heterocycles. The minimum absolute atomic E-state index is 0.266. The Labute approximate surface area is 527 Å². The van der Waals surface area contributed by atoms with E-state index in [9.17, 15) is 10.5 Å². The molecule has 0 N–H and O–H groups in total. The second-order valence-electron chi connectivity index (χ2n) is 23.8. The maximum Gasteiger partial charge on any atom is 0.252 e. The highest BCUT2D eigenvalue weighted by atomic mass is 15.1. The lowest BCUT2D eigenvalue weighted by Crippen LogP contribution is -2.59. The summed E-state index contributed by atoms with van der Waals surface area (Å²) in [6.07, 6.45) is 0. The van der Waals surface area contributed by atoms with Gasteiger partial charge in [0.15, 0.2) is 23.3 Å². The Hall–Kier alpha value is -12.8. The molecule has 92 heavy (non-hydrogen) atoms. The summed E-state index contributed by atoms with van der Waals surface area (Å²) < 4.78 is 7.21. The molecule has 0 radical (unpaired) electrons. The van der Waals surface area contributed by atoms with Crippen molar-refractivity contribution in [3.05, 3.63) is 284 Å². The molecule has 0 aliphatic carbocycles. The van der Waals surface area contributed by atoms with Crippen LogP contribution < -0.4 is 16.4 Å². The van der Waals surface area contributed by atoms with Gasteiger partial charge in [-0.3, -0.25) is 0 Å². The first-order chi connectivity index (χ1) is 45.5. The van der Waals surface area contributed by atoms with E-state index in [2.05, 4.69) is 190 Å². The van der Waals surface area contributed by atoms with E-state index in [4.69, 9.17) is 24.9 Å². The van der Waals surface area contributed by atoms with Crippen LogP contribution in [-0.4, -0.2) is 45.3 Å². The highest BCUT2D eigenvalue weighted by molar-refractivity contribution is 7.00. The van der Waals surface area contributed by atoms with Crippen molar-refractivity contribution in [3.8, 4) is 108 Å². The van der Waals surface area contributed by atoms with Gasteiger partial charge >= 0.3 is 0 Å². The van der Waals surface area contributed by atoms with Crippen LogP contribution in [-0.2, 0) is 0 Å². The molecule has 19 rings (SSSR count). The summed E-state index contributed by atoms with van der Waals surface area (Å²) in [5, 5.41) is 27.7. The van der Waals surface area contributed by atoms with Crippen LogP contribution in [0.25, 0.3) is 162 Å².